The van der Waals surface area contributed by atoms with Gasteiger partial charge in [-0.25, -0.2) is 0 Å². The fraction of sp³-hybridized carbons (Fsp3) is 0.952. The van der Waals surface area contributed by atoms with Gasteiger partial charge in [-0.2, -0.15) is 0 Å². The van der Waals surface area contributed by atoms with Crippen LogP contribution < -0.4 is 0 Å². The number of likely N-dealkylation sites (N-methyl/N-ethyl adjacent to an activating group) is 1. The minimum Gasteiger partial charge on any atom is -0.463 e. The Hall–Kier alpha value is -0.0800. The molecule has 0 aliphatic rings. The quantitative estimate of drug-likeness (QED) is 0.122. The smallest absolute Gasteiger partial charge is 0.324 e. The Labute approximate surface area is 189 Å². The van der Waals surface area contributed by atoms with Crippen molar-refractivity contribution in [2.45, 2.75) is 77.2 Å². The summed E-state index contributed by atoms with van der Waals surface area (Å²) in [5, 5.41) is 0. The van der Waals surface area contributed by atoms with Gasteiger partial charge >= 0.3 is 12.7 Å². The van der Waals surface area contributed by atoms with Crippen molar-refractivity contribution in [3.63, 3.8) is 0 Å². The number of unbranched alkanes of at least 4 members (excludes halogenated alkanes) is 8. The predicted molar refractivity (Wildman–Crippen MR) is 125 cm³/mol. The van der Waals surface area contributed by atoms with Crippen molar-refractivity contribution >= 4 is 24.5 Å². The van der Waals surface area contributed by atoms with Gasteiger partial charge in [0.25, 0.3) is 0 Å². The molecule has 0 aromatic heterocycles. The van der Waals surface area contributed by atoms with E-state index in [4.69, 9.17) is 30.3 Å². The molecule has 2 atom stereocenters. The molecule has 30 heavy (non-hydrogen) atoms. The van der Waals surface area contributed by atoms with Crippen LogP contribution in [0.15, 0.2) is 0 Å². The summed E-state index contributed by atoms with van der Waals surface area (Å²) in [4.78, 5) is 22.0. The molecule has 0 radical (unpaired) electrons. The van der Waals surface area contributed by atoms with Gasteiger partial charge in [0.05, 0.1) is 27.7 Å². The Kier molecular flexibility index (Phi) is 17.4. The second-order valence-corrected chi connectivity index (χ2v) is 11.6. The van der Waals surface area contributed by atoms with E-state index in [2.05, 4.69) is 6.92 Å². The van der Waals surface area contributed by atoms with Crippen molar-refractivity contribution in [1.82, 2.24) is 0 Å². The third kappa shape index (κ3) is 19.9. The lowest BCUT2D eigenvalue weighted by molar-refractivity contribution is -0.870. The number of nitrogens with zero attached hydrogens (tertiary/aromatic N) is 1. The fourth-order valence-electron chi connectivity index (χ4n) is 2.67. The van der Waals surface area contributed by atoms with Crippen LogP contribution in [-0.4, -0.2) is 76.1 Å². The molecule has 180 valence electrons. The van der Waals surface area contributed by atoms with E-state index in [1.54, 1.807) is 0 Å². The van der Waals surface area contributed by atoms with Crippen LogP contribution in [0.3, 0.4) is 0 Å². The van der Waals surface area contributed by atoms with Crippen LogP contribution in [0.4, 0.5) is 0 Å². The highest BCUT2D eigenvalue weighted by atomic mass is 32.5. The van der Waals surface area contributed by atoms with Crippen LogP contribution >= 0.6 is 6.72 Å². The highest BCUT2D eigenvalue weighted by molar-refractivity contribution is 8.07. The van der Waals surface area contributed by atoms with Gasteiger partial charge < -0.3 is 27.9 Å². The molecule has 9 heteroatoms. The van der Waals surface area contributed by atoms with Crippen molar-refractivity contribution in [3.05, 3.63) is 0 Å². The maximum Gasteiger partial charge on any atom is 0.324 e. The third-order valence-electron chi connectivity index (χ3n) is 4.69. The number of rotatable bonds is 20. The highest BCUT2D eigenvalue weighted by Crippen LogP contribution is 2.43. The van der Waals surface area contributed by atoms with Gasteiger partial charge in [0.15, 0.2) is 0 Å². The summed E-state index contributed by atoms with van der Waals surface area (Å²) in [6.07, 6.45) is 10.8. The first kappa shape index (κ1) is 29.9. The van der Waals surface area contributed by atoms with Crippen LogP contribution in [0.2, 0.25) is 0 Å². The van der Waals surface area contributed by atoms with Crippen molar-refractivity contribution in [2.75, 3.05) is 54.6 Å². The lowest BCUT2D eigenvalue weighted by Crippen LogP contribution is -2.37. The normalized spacial score (nSPS) is 15.0. The van der Waals surface area contributed by atoms with Crippen LogP contribution in [0.1, 0.15) is 71.1 Å². The van der Waals surface area contributed by atoms with Gasteiger partial charge in [0.1, 0.15) is 25.9 Å². The molecule has 0 saturated carbocycles. The first-order chi connectivity index (χ1) is 14.1. The molecule has 2 unspecified atom stereocenters. The molecule has 0 aliphatic carbocycles. The van der Waals surface area contributed by atoms with Crippen LogP contribution in [0.5, 0.6) is 0 Å². The zero-order chi connectivity index (χ0) is 22.9. The van der Waals surface area contributed by atoms with Crippen LogP contribution in [0.25, 0.3) is 0 Å². The lowest BCUT2D eigenvalue weighted by Gasteiger charge is -2.25. The van der Waals surface area contributed by atoms with Crippen LogP contribution in [-0.2, 0) is 35.1 Å². The van der Waals surface area contributed by atoms with Crippen LogP contribution in [0, 0.1) is 0 Å². The summed E-state index contributed by atoms with van der Waals surface area (Å²) in [5.74, 6) is -0.234. The fourth-order valence-corrected chi connectivity index (χ4v) is 3.81. The molecule has 0 aromatic rings. The Morgan fingerprint density at radius 2 is 1.53 bits per heavy atom. The Morgan fingerprint density at radius 1 is 0.967 bits per heavy atom. The van der Waals surface area contributed by atoms with Crippen molar-refractivity contribution in [3.8, 4) is 0 Å². The molecule has 0 aromatic carbocycles. The molecule has 0 amide bonds. The van der Waals surface area contributed by atoms with E-state index >= 15 is 0 Å². The average Bonchev–Trinajstić information content (AvgIpc) is 2.65. The molecule has 0 bridgehead atoms. The standard InChI is InChI=1S/C21H44NO6PS/c1-6-7-8-9-10-11-12-13-14-15-21(23)26-18-20(25-5)19-28-29(24,30)27-17-16-22(2,3)4/h20H,6-19H2,1-5H3/p+1. The van der Waals surface area contributed by atoms with Gasteiger partial charge in [-0.3, -0.25) is 4.79 Å². The number of esters is 1. The van der Waals surface area contributed by atoms with E-state index in [0.717, 1.165) is 12.8 Å². The zero-order valence-electron chi connectivity index (χ0n) is 19.8. The van der Waals surface area contributed by atoms with Crippen molar-refractivity contribution in [1.29, 1.82) is 0 Å². The molecule has 0 spiro atoms. The largest absolute Gasteiger partial charge is 0.463 e. The van der Waals surface area contributed by atoms with E-state index in [1.165, 1.54) is 52.1 Å². The first-order valence-corrected chi connectivity index (χ1v) is 13.8. The summed E-state index contributed by atoms with van der Waals surface area (Å²) in [5.41, 5.74) is 0. The molecule has 0 rings (SSSR count). The number of carbonyl (C=O) groups excluding carboxylic acids is 1. The highest BCUT2D eigenvalue weighted by Gasteiger charge is 2.21. The van der Waals surface area contributed by atoms with Gasteiger partial charge in [0, 0.05) is 13.5 Å². The topological polar surface area (TPSA) is 74.2 Å². The molecule has 1 N–H and O–H groups in total. The minimum atomic E-state index is -3.33. The summed E-state index contributed by atoms with van der Waals surface area (Å²) in [6.45, 7) is -0.00812. The Bertz CT molecular complexity index is 487. The van der Waals surface area contributed by atoms with Gasteiger partial charge in [0.2, 0.25) is 0 Å². The third-order valence-corrected chi connectivity index (χ3v) is 6.30. The van der Waals surface area contributed by atoms with Gasteiger partial charge in [-0.1, -0.05) is 58.3 Å². The summed E-state index contributed by atoms with van der Waals surface area (Å²) < 4.78 is 21.9. The van der Waals surface area contributed by atoms with Crippen molar-refractivity contribution < 1.29 is 32.7 Å². The molecule has 7 nitrogen and oxygen atoms in total. The van der Waals surface area contributed by atoms with Gasteiger partial charge in [-0.15, -0.1) is 0 Å². The zero-order valence-corrected chi connectivity index (χ0v) is 21.5. The Morgan fingerprint density at radius 3 is 2.07 bits per heavy atom. The average molecular weight is 471 g/mol. The minimum absolute atomic E-state index is 0.0139. The van der Waals surface area contributed by atoms with E-state index in [-0.39, 0.29) is 19.2 Å². The van der Waals surface area contributed by atoms with Gasteiger partial charge in [-0.05, 0) is 18.2 Å². The van der Waals surface area contributed by atoms with Crippen molar-refractivity contribution in [2.24, 2.45) is 0 Å². The maximum absolute atomic E-state index is 11.9. The number of hydrogen-bond acceptors (Lipinski definition) is 6. The molecule has 0 saturated heterocycles. The summed E-state index contributed by atoms with van der Waals surface area (Å²) >= 11 is 5.01. The maximum atomic E-state index is 11.9. The molecule has 0 aliphatic heterocycles. The lowest BCUT2D eigenvalue weighted by atomic mass is 10.1. The number of hydrogen-bond donors (Lipinski definition) is 1. The van der Waals surface area contributed by atoms with E-state index < -0.39 is 12.8 Å². The number of quaternary nitrogens is 1. The summed E-state index contributed by atoms with van der Waals surface area (Å²) in [7, 11) is 7.57. The summed E-state index contributed by atoms with van der Waals surface area (Å²) in [6, 6.07) is 0. The molecule has 0 heterocycles. The number of methoxy groups -OCH3 is 1. The van der Waals surface area contributed by atoms with E-state index in [0.29, 0.717) is 24.1 Å². The molecular formula is C21H45NO6PS+. The second-order valence-electron chi connectivity index (χ2n) is 8.73. The number of carbonyl (C=O) groups is 1. The van der Waals surface area contributed by atoms with E-state index in [1.807, 2.05) is 21.1 Å². The molecule has 0 fully saturated rings. The SMILES string of the molecule is CCCCCCCCCCCC(=O)OCC(COP(O)(=S)OCC[N+](C)(C)C)OC. The van der Waals surface area contributed by atoms with E-state index in [9.17, 15) is 9.69 Å². The second kappa shape index (κ2) is 17.5. The first-order valence-electron chi connectivity index (χ1n) is 11.2. The Balaban J connectivity index is 3.84. The monoisotopic (exact) mass is 470 g/mol. The predicted octanol–water partition coefficient (Wildman–Crippen LogP) is 4.42. The molecular weight excluding hydrogens is 425 g/mol. The number of ether oxygens (including phenoxy) is 2.